The van der Waals surface area contributed by atoms with E-state index >= 15 is 0 Å². The minimum atomic E-state index is -5.49. The Labute approximate surface area is 183 Å². The van der Waals surface area contributed by atoms with Crippen molar-refractivity contribution in [2.24, 2.45) is 0 Å². The van der Waals surface area contributed by atoms with Crippen LogP contribution in [0.2, 0.25) is 0 Å². The molecule has 3 rings (SSSR count). The smallest absolute Gasteiger partial charge is 0.476 e. The molecule has 1 aliphatic rings. The first-order chi connectivity index (χ1) is 15.0. The first kappa shape index (κ1) is 24.0. The highest BCUT2D eigenvalue weighted by molar-refractivity contribution is 7.90. The summed E-state index contributed by atoms with van der Waals surface area (Å²) in [5, 5.41) is 2.81. The maximum absolute atomic E-state index is 12.6. The van der Waals surface area contributed by atoms with Gasteiger partial charge in [-0.25, -0.2) is 18.1 Å². The van der Waals surface area contributed by atoms with E-state index in [1.165, 1.54) is 23.9 Å². The van der Waals surface area contributed by atoms with Crippen LogP contribution < -0.4 is 14.8 Å². The second-order valence-electron chi connectivity index (χ2n) is 7.40. The molecule has 1 aromatic heterocycles. The summed E-state index contributed by atoms with van der Waals surface area (Å²) in [6.45, 7) is 3.89. The van der Waals surface area contributed by atoms with E-state index in [1.807, 2.05) is 18.2 Å². The first-order valence-electron chi connectivity index (χ1n) is 9.61. The van der Waals surface area contributed by atoms with Crippen LogP contribution in [0.5, 0.6) is 5.88 Å². The van der Waals surface area contributed by atoms with E-state index in [2.05, 4.69) is 10.3 Å². The number of nitrogens with zero attached hydrogens (tertiary/aromatic N) is 1. The van der Waals surface area contributed by atoms with Crippen molar-refractivity contribution >= 4 is 15.9 Å². The molecule has 174 valence electrons. The molecule has 0 saturated heterocycles. The van der Waals surface area contributed by atoms with Gasteiger partial charge in [0.25, 0.3) is 5.91 Å². The lowest BCUT2D eigenvalue weighted by atomic mass is 10.1. The average molecular weight is 473 g/mol. The Balaban J connectivity index is 1.59. The molecule has 1 aromatic carbocycles. The number of hydrogen-bond donors (Lipinski definition) is 2. The van der Waals surface area contributed by atoms with Gasteiger partial charge in [-0.2, -0.15) is 13.2 Å². The van der Waals surface area contributed by atoms with Crippen LogP contribution in [0, 0.1) is 6.92 Å². The molecule has 0 saturated carbocycles. The number of ether oxygens (including phenoxy) is 2. The Kier molecular flexibility index (Phi) is 7.06. The summed E-state index contributed by atoms with van der Waals surface area (Å²) in [6, 6.07) is 6.02. The third kappa shape index (κ3) is 5.75. The standard InChI is InChI=1S/C20H22F3N3O5S/c1-12-7-24-18(31-9-13(2)26-32(28,29)20(21,22)23)6-17(12)19(27)25-8-14-3-4-15-10-30-11-16(15)5-14/h3-7,13,26H,8-11H2,1-2H3,(H,25,27)/t13-/m0/s1. The molecule has 2 heterocycles. The van der Waals surface area contributed by atoms with Gasteiger partial charge >= 0.3 is 15.5 Å². The quantitative estimate of drug-likeness (QED) is 0.611. The van der Waals surface area contributed by atoms with Gasteiger partial charge in [-0.3, -0.25) is 4.79 Å². The largest absolute Gasteiger partial charge is 0.511 e. The molecule has 1 atom stereocenters. The molecule has 0 radical (unpaired) electrons. The van der Waals surface area contributed by atoms with Crippen molar-refractivity contribution < 1.29 is 35.9 Å². The molecule has 0 spiro atoms. The fourth-order valence-corrected chi connectivity index (χ4v) is 3.75. The van der Waals surface area contributed by atoms with Crippen molar-refractivity contribution in [1.29, 1.82) is 0 Å². The van der Waals surface area contributed by atoms with Crippen LogP contribution in [-0.2, 0) is 34.5 Å². The highest BCUT2D eigenvalue weighted by Gasteiger charge is 2.46. The number of carbonyl (C=O) groups is 1. The van der Waals surface area contributed by atoms with Crippen LogP contribution >= 0.6 is 0 Å². The van der Waals surface area contributed by atoms with Crippen LogP contribution in [0.15, 0.2) is 30.5 Å². The topological polar surface area (TPSA) is 107 Å². The molecule has 0 fully saturated rings. The number of carbonyl (C=O) groups excluding carboxylic acids is 1. The summed E-state index contributed by atoms with van der Waals surface area (Å²) in [7, 11) is -5.49. The summed E-state index contributed by atoms with van der Waals surface area (Å²) < 4.78 is 71.8. The molecule has 1 amide bonds. The van der Waals surface area contributed by atoms with Crippen molar-refractivity contribution in [3.8, 4) is 5.88 Å². The number of sulfonamides is 1. The number of benzene rings is 1. The molecule has 1 aliphatic heterocycles. The Morgan fingerprint density at radius 1 is 1.25 bits per heavy atom. The number of fused-ring (bicyclic) bond motifs is 1. The van der Waals surface area contributed by atoms with Gasteiger partial charge in [-0.15, -0.1) is 0 Å². The number of amides is 1. The van der Waals surface area contributed by atoms with E-state index in [1.54, 1.807) is 6.92 Å². The van der Waals surface area contributed by atoms with Gasteiger partial charge in [0.05, 0.1) is 19.3 Å². The Morgan fingerprint density at radius 2 is 1.97 bits per heavy atom. The molecule has 32 heavy (non-hydrogen) atoms. The summed E-state index contributed by atoms with van der Waals surface area (Å²) >= 11 is 0. The number of rotatable bonds is 8. The Hall–Kier alpha value is -2.70. The fourth-order valence-electron chi connectivity index (χ4n) is 3.02. The van der Waals surface area contributed by atoms with E-state index < -0.39 is 28.2 Å². The average Bonchev–Trinajstić information content (AvgIpc) is 3.18. The minimum absolute atomic E-state index is 0.0199. The predicted molar refractivity (Wildman–Crippen MR) is 108 cm³/mol. The fraction of sp³-hybridized carbons (Fsp3) is 0.400. The van der Waals surface area contributed by atoms with Gasteiger partial charge in [-0.1, -0.05) is 18.2 Å². The third-order valence-electron chi connectivity index (χ3n) is 4.70. The molecule has 2 aromatic rings. The van der Waals surface area contributed by atoms with Crippen LogP contribution in [0.25, 0.3) is 0 Å². The maximum atomic E-state index is 12.6. The summed E-state index contributed by atoms with van der Waals surface area (Å²) in [4.78, 5) is 16.6. The molecule has 0 unspecified atom stereocenters. The van der Waals surface area contributed by atoms with Gasteiger partial charge in [0.2, 0.25) is 5.88 Å². The van der Waals surface area contributed by atoms with Crippen molar-refractivity contribution in [1.82, 2.24) is 15.0 Å². The molecule has 8 nitrogen and oxygen atoms in total. The number of aromatic nitrogens is 1. The van der Waals surface area contributed by atoms with Crippen molar-refractivity contribution in [3.05, 3.63) is 58.3 Å². The molecule has 12 heteroatoms. The first-order valence-corrected chi connectivity index (χ1v) is 11.1. The zero-order valence-corrected chi connectivity index (χ0v) is 18.1. The maximum Gasteiger partial charge on any atom is 0.511 e. The zero-order chi connectivity index (χ0) is 23.5. The molecular weight excluding hydrogens is 451 g/mol. The Bertz CT molecular complexity index is 1110. The van der Waals surface area contributed by atoms with Gasteiger partial charge < -0.3 is 14.8 Å². The summed E-state index contributed by atoms with van der Waals surface area (Å²) in [5.74, 6) is -0.397. The molecule has 0 aliphatic carbocycles. The van der Waals surface area contributed by atoms with Gasteiger partial charge in [0.1, 0.15) is 6.61 Å². The van der Waals surface area contributed by atoms with Gasteiger partial charge in [0, 0.05) is 24.4 Å². The number of halogens is 3. The number of hydrogen-bond acceptors (Lipinski definition) is 6. The monoisotopic (exact) mass is 473 g/mol. The normalized spacial score (nSPS) is 14.7. The SMILES string of the molecule is Cc1cnc(OC[C@H](C)NS(=O)(=O)C(F)(F)F)cc1C(=O)NCc1ccc2c(c1)COC2. The lowest BCUT2D eigenvalue weighted by Crippen LogP contribution is -2.43. The Morgan fingerprint density at radius 3 is 2.69 bits per heavy atom. The number of aryl methyl sites for hydroxylation is 1. The third-order valence-corrected chi connectivity index (χ3v) is 6.03. The zero-order valence-electron chi connectivity index (χ0n) is 17.3. The second kappa shape index (κ2) is 9.43. The summed E-state index contributed by atoms with van der Waals surface area (Å²) in [6.07, 6.45) is 1.39. The van der Waals surface area contributed by atoms with E-state index in [-0.39, 0.29) is 17.4 Å². The van der Waals surface area contributed by atoms with Crippen molar-refractivity contribution in [3.63, 3.8) is 0 Å². The van der Waals surface area contributed by atoms with E-state index in [9.17, 15) is 26.4 Å². The minimum Gasteiger partial charge on any atom is -0.476 e. The summed E-state index contributed by atoms with van der Waals surface area (Å²) in [5.41, 5.74) is -1.44. The van der Waals surface area contributed by atoms with Gasteiger partial charge in [0.15, 0.2) is 0 Å². The lowest BCUT2D eigenvalue weighted by molar-refractivity contribution is -0.0451. The molecule has 0 bridgehead atoms. The molecule has 2 N–H and O–H groups in total. The lowest BCUT2D eigenvalue weighted by Gasteiger charge is -2.16. The predicted octanol–water partition coefficient (Wildman–Crippen LogP) is 2.56. The number of nitrogens with one attached hydrogen (secondary N) is 2. The highest BCUT2D eigenvalue weighted by atomic mass is 32.2. The van der Waals surface area contributed by atoms with E-state index in [4.69, 9.17) is 9.47 Å². The van der Waals surface area contributed by atoms with Crippen LogP contribution in [0.1, 0.15) is 39.5 Å². The van der Waals surface area contributed by atoms with Crippen LogP contribution in [-0.4, -0.2) is 37.5 Å². The number of alkyl halides is 3. The van der Waals surface area contributed by atoms with Crippen LogP contribution in [0.4, 0.5) is 13.2 Å². The van der Waals surface area contributed by atoms with Crippen molar-refractivity contribution in [2.75, 3.05) is 6.61 Å². The van der Waals surface area contributed by atoms with Gasteiger partial charge in [-0.05, 0) is 36.1 Å². The number of pyridine rings is 1. The molecular formula is C20H22F3N3O5S. The van der Waals surface area contributed by atoms with E-state index in [0.29, 0.717) is 25.3 Å². The van der Waals surface area contributed by atoms with E-state index in [0.717, 1.165) is 16.7 Å². The van der Waals surface area contributed by atoms with Crippen LogP contribution in [0.3, 0.4) is 0 Å². The highest BCUT2D eigenvalue weighted by Crippen LogP contribution is 2.23. The van der Waals surface area contributed by atoms with Crippen molar-refractivity contribution in [2.45, 2.75) is 45.2 Å². The second-order valence-corrected chi connectivity index (χ2v) is 9.10.